The van der Waals surface area contributed by atoms with E-state index in [4.69, 9.17) is 0 Å². The lowest BCUT2D eigenvalue weighted by molar-refractivity contribution is 0.248. The van der Waals surface area contributed by atoms with E-state index in [-0.39, 0.29) is 16.6 Å². The molecule has 2 rings (SSSR count). The number of carbonyl (C=O) groups is 1. The quantitative estimate of drug-likeness (QED) is 0.841. The van der Waals surface area contributed by atoms with Gasteiger partial charge in [-0.2, -0.15) is 0 Å². The van der Waals surface area contributed by atoms with Gasteiger partial charge in [0.05, 0.1) is 10.6 Å². The number of amides is 2. The summed E-state index contributed by atoms with van der Waals surface area (Å²) in [5.74, 6) is 0. The van der Waals surface area contributed by atoms with E-state index in [1.807, 2.05) is 26.2 Å². The van der Waals surface area contributed by atoms with Gasteiger partial charge in [0.25, 0.3) is 0 Å². The molecule has 0 aliphatic heterocycles. The largest absolute Gasteiger partial charge is 0.354 e. The molecule has 0 aliphatic rings. The lowest BCUT2D eigenvalue weighted by Gasteiger charge is -2.16. The van der Waals surface area contributed by atoms with Crippen molar-refractivity contribution in [2.24, 2.45) is 7.05 Å². The predicted octanol–water partition coefficient (Wildman–Crippen LogP) is 2.57. The summed E-state index contributed by atoms with van der Waals surface area (Å²) in [6.45, 7) is 1.92. The van der Waals surface area contributed by atoms with E-state index in [0.717, 1.165) is 19.1 Å². The van der Waals surface area contributed by atoms with Crippen LogP contribution in [0.1, 0.15) is 19.0 Å². The minimum Gasteiger partial charge on any atom is -0.354 e. The van der Waals surface area contributed by atoms with Gasteiger partial charge in [0.2, 0.25) is 0 Å². The fourth-order valence-electron chi connectivity index (χ4n) is 2.47. The number of aryl methyl sites for hydroxylation is 2. The van der Waals surface area contributed by atoms with Crippen molar-refractivity contribution in [3.8, 4) is 0 Å². The first-order chi connectivity index (χ1) is 11.3. The maximum absolute atomic E-state index is 12.1. The van der Waals surface area contributed by atoms with Gasteiger partial charge in [-0.15, -0.1) is 0 Å². The van der Waals surface area contributed by atoms with Gasteiger partial charge in [0.15, 0.2) is 9.84 Å². The fourth-order valence-corrected chi connectivity index (χ4v) is 3.31. The number of carbonyl (C=O) groups excluding carboxylic acids is 1. The second-order valence-corrected chi connectivity index (χ2v) is 7.90. The molecule has 2 N–H and O–H groups in total. The van der Waals surface area contributed by atoms with Crippen molar-refractivity contribution in [1.82, 2.24) is 9.88 Å². The summed E-state index contributed by atoms with van der Waals surface area (Å²) in [5, 5.41) is 5.45. The lowest BCUT2D eigenvalue weighted by atomic mass is 10.1. The van der Waals surface area contributed by atoms with Crippen LogP contribution in [-0.2, 0) is 23.3 Å². The highest BCUT2D eigenvalue weighted by Gasteiger charge is 2.15. The van der Waals surface area contributed by atoms with Crippen LogP contribution in [0, 0.1) is 0 Å². The molecule has 1 aromatic carbocycles. The number of benzene rings is 1. The first kappa shape index (κ1) is 18.1. The van der Waals surface area contributed by atoms with E-state index in [1.165, 1.54) is 11.8 Å². The number of nitrogens with zero attached hydrogens (tertiary/aromatic N) is 1. The van der Waals surface area contributed by atoms with Crippen LogP contribution in [0.2, 0.25) is 0 Å². The van der Waals surface area contributed by atoms with Crippen LogP contribution in [0.3, 0.4) is 0 Å². The van der Waals surface area contributed by atoms with Crippen LogP contribution >= 0.6 is 0 Å². The van der Waals surface area contributed by atoms with Crippen LogP contribution in [0.15, 0.2) is 47.5 Å². The molecule has 2 amide bonds. The van der Waals surface area contributed by atoms with Gasteiger partial charge in [-0.05, 0) is 44.0 Å². The molecule has 0 radical (unpaired) electrons. The van der Waals surface area contributed by atoms with Crippen molar-refractivity contribution in [3.05, 3.63) is 48.3 Å². The van der Waals surface area contributed by atoms with E-state index < -0.39 is 15.9 Å². The number of sulfone groups is 1. The number of para-hydroxylation sites is 1. The van der Waals surface area contributed by atoms with Crippen molar-refractivity contribution in [2.45, 2.75) is 30.7 Å². The van der Waals surface area contributed by atoms with Crippen molar-refractivity contribution in [3.63, 3.8) is 0 Å². The zero-order valence-electron chi connectivity index (χ0n) is 14.1. The molecule has 1 heterocycles. The molecule has 0 aliphatic carbocycles. The maximum atomic E-state index is 12.1. The highest BCUT2D eigenvalue weighted by atomic mass is 32.2. The van der Waals surface area contributed by atoms with Crippen molar-refractivity contribution < 1.29 is 13.2 Å². The van der Waals surface area contributed by atoms with Gasteiger partial charge in [-0.25, -0.2) is 13.2 Å². The zero-order valence-corrected chi connectivity index (χ0v) is 14.9. The summed E-state index contributed by atoms with van der Waals surface area (Å²) in [6, 6.07) is 9.95. The molecule has 1 aromatic heterocycles. The average Bonchev–Trinajstić information content (AvgIpc) is 2.89. The van der Waals surface area contributed by atoms with E-state index in [1.54, 1.807) is 18.2 Å². The Labute approximate surface area is 142 Å². The third-order valence-corrected chi connectivity index (χ3v) is 4.95. The Bertz CT molecular complexity index is 812. The first-order valence-electron chi connectivity index (χ1n) is 7.74. The van der Waals surface area contributed by atoms with Crippen molar-refractivity contribution in [2.75, 3.05) is 11.6 Å². The fraction of sp³-hybridized carbons (Fsp3) is 0.353. The smallest absolute Gasteiger partial charge is 0.319 e. The molecular weight excluding hydrogens is 326 g/mol. The van der Waals surface area contributed by atoms with E-state index in [0.29, 0.717) is 0 Å². The number of aromatic nitrogens is 1. The van der Waals surface area contributed by atoms with Crippen molar-refractivity contribution >= 4 is 21.6 Å². The number of urea groups is 1. The minimum atomic E-state index is -3.40. The first-order valence-corrected chi connectivity index (χ1v) is 9.63. The normalized spacial score (nSPS) is 12.6. The summed E-state index contributed by atoms with van der Waals surface area (Å²) < 4.78 is 25.5. The lowest BCUT2D eigenvalue weighted by Crippen LogP contribution is -2.36. The Kier molecular flexibility index (Phi) is 5.66. The molecule has 24 heavy (non-hydrogen) atoms. The number of rotatable bonds is 6. The molecule has 2 aromatic rings. The molecule has 130 valence electrons. The topological polar surface area (TPSA) is 80.2 Å². The summed E-state index contributed by atoms with van der Waals surface area (Å²) in [6.07, 6.45) is 4.75. The van der Waals surface area contributed by atoms with Gasteiger partial charge in [0, 0.05) is 31.2 Å². The number of nitrogens with one attached hydrogen (secondary N) is 2. The molecule has 6 nitrogen and oxygen atoms in total. The highest BCUT2D eigenvalue weighted by molar-refractivity contribution is 7.90. The zero-order chi connectivity index (χ0) is 17.7. The Morgan fingerprint density at radius 3 is 2.54 bits per heavy atom. The van der Waals surface area contributed by atoms with Crippen LogP contribution < -0.4 is 10.6 Å². The summed E-state index contributed by atoms with van der Waals surface area (Å²) in [7, 11) is -1.41. The monoisotopic (exact) mass is 349 g/mol. The Morgan fingerprint density at radius 2 is 1.92 bits per heavy atom. The predicted molar refractivity (Wildman–Crippen MR) is 94.9 cm³/mol. The van der Waals surface area contributed by atoms with Gasteiger partial charge < -0.3 is 15.2 Å². The van der Waals surface area contributed by atoms with E-state index in [2.05, 4.69) is 21.3 Å². The molecule has 0 saturated heterocycles. The second-order valence-electron chi connectivity index (χ2n) is 5.92. The summed E-state index contributed by atoms with van der Waals surface area (Å²) in [4.78, 5) is 12.2. The number of hydrogen-bond donors (Lipinski definition) is 2. The minimum absolute atomic E-state index is 0.0368. The number of anilines is 1. The van der Waals surface area contributed by atoms with E-state index in [9.17, 15) is 13.2 Å². The van der Waals surface area contributed by atoms with E-state index >= 15 is 0 Å². The molecule has 7 heteroatoms. The van der Waals surface area contributed by atoms with Gasteiger partial charge in [0.1, 0.15) is 0 Å². The molecule has 0 spiro atoms. The van der Waals surface area contributed by atoms with Crippen LogP contribution in [0.25, 0.3) is 0 Å². The Balaban J connectivity index is 1.93. The molecule has 1 atom stereocenters. The molecule has 1 unspecified atom stereocenters. The van der Waals surface area contributed by atoms with Crippen LogP contribution in [0.4, 0.5) is 10.5 Å². The maximum Gasteiger partial charge on any atom is 0.319 e. The number of hydrogen-bond acceptors (Lipinski definition) is 3. The Morgan fingerprint density at radius 1 is 1.21 bits per heavy atom. The summed E-state index contributed by atoms with van der Waals surface area (Å²) >= 11 is 0. The second kappa shape index (κ2) is 7.53. The van der Waals surface area contributed by atoms with Gasteiger partial charge >= 0.3 is 6.03 Å². The molecule has 0 fully saturated rings. The SMILES string of the molecule is CC(CCc1cccn1C)NC(=O)Nc1ccccc1S(C)(=O)=O. The van der Waals surface area contributed by atoms with Crippen LogP contribution in [0.5, 0.6) is 0 Å². The molecule has 0 bridgehead atoms. The standard InChI is InChI=1S/C17H23N3O3S/c1-13(10-11-14-7-6-12-20(14)2)18-17(21)19-15-8-4-5-9-16(15)24(3,22)23/h4-9,12-13H,10-11H2,1-3H3,(H2,18,19,21). The average molecular weight is 349 g/mol. The van der Waals surface area contributed by atoms with Crippen molar-refractivity contribution in [1.29, 1.82) is 0 Å². The third kappa shape index (κ3) is 4.86. The highest BCUT2D eigenvalue weighted by Crippen LogP contribution is 2.20. The van der Waals surface area contributed by atoms with Crippen LogP contribution in [-0.4, -0.2) is 31.3 Å². The Hall–Kier alpha value is -2.28. The molecule has 0 saturated carbocycles. The third-order valence-electron chi connectivity index (χ3n) is 3.80. The summed E-state index contributed by atoms with van der Waals surface area (Å²) in [5.41, 5.74) is 1.48. The molecular formula is C17H23N3O3S. The van der Waals surface area contributed by atoms with Gasteiger partial charge in [-0.1, -0.05) is 12.1 Å². The van der Waals surface area contributed by atoms with Gasteiger partial charge in [-0.3, -0.25) is 0 Å².